The minimum Gasteiger partial charge on any atom is -0.466 e. The fraction of sp³-hybridized carbons (Fsp3) is 0.500. The van der Waals surface area contributed by atoms with Crippen molar-refractivity contribution in [1.29, 1.82) is 0 Å². The van der Waals surface area contributed by atoms with Gasteiger partial charge in [0.25, 0.3) is 0 Å². The number of nitrogens with one attached hydrogen (secondary N) is 1. The zero-order chi connectivity index (χ0) is 11.6. The molecule has 2 rings (SSSR count). The van der Waals surface area contributed by atoms with E-state index in [-0.39, 0.29) is 5.41 Å². The predicted molar refractivity (Wildman–Crippen MR) is 62.7 cm³/mol. The van der Waals surface area contributed by atoms with Gasteiger partial charge in [0.2, 0.25) is 5.13 Å². The van der Waals surface area contributed by atoms with Crippen LogP contribution in [0.5, 0.6) is 0 Å². The summed E-state index contributed by atoms with van der Waals surface area (Å²) in [5, 5.41) is 11.3. The van der Waals surface area contributed by atoms with Crippen molar-refractivity contribution in [3.63, 3.8) is 0 Å². The highest BCUT2D eigenvalue weighted by Gasteiger charge is 2.24. The molecule has 0 aliphatic heterocycles. The lowest BCUT2D eigenvalue weighted by Crippen LogP contribution is -2.27. The van der Waals surface area contributed by atoms with Crippen molar-refractivity contribution in [2.75, 3.05) is 11.9 Å². The quantitative estimate of drug-likeness (QED) is 0.884. The van der Waals surface area contributed by atoms with E-state index >= 15 is 0 Å². The normalized spacial score (nSPS) is 11.7. The van der Waals surface area contributed by atoms with Gasteiger partial charge in [0, 0.05) is 23.5 Å². The van der Waals surface area contributed by atoms with Gasteiger partial charge in [0.05, 0.1) is 0 Å². The van der Waals surface area contributed by atoms with Crippen LogP contribution in [0.25, 0.3) is 0 Å². The molecule has 2 aromatic rings. The summed E-state index contributed by atoms with van der Waals surface area (Å²) < 4.78 is 9.32. The fourth-order valence-electron chi connectivity index (χ4n) is 1.38. The number of rotatable bonds is 4. The number of hydrogen-bond donors (Lipinski definition) is 1. The summed E-state index contributed by atoms with van der Waals surface area (Å²) in [4.78, 5) is 0. The molecule has 0 spiro atoms. The lowest BCUT2D eigenvalue weighted by atomic mass is 9.90. The molecule has 0 aromatic carbocycles. The molecule has 0 unspecified atom stereocenters. The molecule has 0 fully saturated rings. The Bertz CT molecular complexity index is 449. The molecule has 16 heavy (non-hydrogen) atoms. The van der Waals surface area contributed by atoms with E-state index in [1.165, 1.54) is 11.5 Å². The van der Waals surface area contributed by atoms with Gasteiger partial charge in [-0.1, -0.05) is 23.4 Å². The Morgan fingerprint density at radius 3 is 2.81 bits per heavy atom. The number of aromatic nitrogens is 3. The van der Waals surface area contributed by atoms with Crippen molar-refractivity contribution in [3.8, 4) is 0 Å². The second-order valence-corrected chi connectivity index (χ2v) is 5.05. The van der Waals surface area contributed by atoms with E-state index in [9.17, 15) is 0 Å². The number of hydrogen-bond acceptors (Lipinski definition) is 6. The largest absolute Gasteiger partial charge is 0.466 e. The molecule has 0 aliphatic rings. The van der Waals surface area contributed by atoms with E-state index in [0.717, 1.165) is 23.2 Å². The summed E-state index contributed by atoms with van der Waals surface area (Å²) in [6.45, 7) is 6.91. The summed E-state index contributed by atoms with van der Waals surface area (Å²) in [6.07, 6.45) is 0. The van der Waals surface area contributed by atoms with E-state index in [1.807, 2.05) is 19.1 Å². The van der Waals surface area contributed by atoms with Crippen molar-refractivity contribution in [2.24, 2.45) is 0 Å². The van der Waals surface area contributed by atoms with Crippen molar-refractivity contribution in [3.05, 3.63) is 23.7 Å². The average Bonchev–Trinajstić information content (AvgIpc) is 2.85. The second kappa shape index (κ2) is 4.21. The van der Waals surface area contributed by atoms with Gasteiger partial charge in [-0.3, -0.25) is 0 Å². The standard InChI is InChI=1S/C10H14N4OS/c1-7-4-5-8(15-7)10(2,3)6-11-9-12-13-14-16-9/h4-5H,6H2,1-3H3,(H,11,12,14). The molecule has 5 nitrogen and oxygen atoms in total. The van der Waals surface area contributed by atoms with Crippen LogP contribution in [0.1, 0.15) is 25.4 Å². The van der Waals surface area contributed by atoms with Gasteiger partial charge >= 0.3 is 0 Å². The third-order valence-electron chi connectivity index (χ3n) is 2.39. The van der Waals surface area contributed by atoms with Gasteiger partial charge in [-0.2, -0.15) is 0 Å². The van der Waals surface area contributed by atoms with Gasteiger partial charge in [-0.25, -0.2) is 0 Å². The lowest BCUT2D eigenvalue weighted by molar-refractivity contribution is 0.386. The van der Waals surface area contributed by atoms with Crippen LogP contribution >= 0.6 is 11.5 Å². The third-order valence-corrected chi connectivity index (χ3v) is 2.94. The van der Waals surface area contributed by atoms with E-state index in [2.05, 4.69) is 34.0 Å². The summed E-state index contributed by atoms with van der Waals surface area (Å²) in [7, 11) is 0. The van der Waals surface area contributed by atoms with Gasteiger partial charge < -0.3 is 9.73 Å². The maximum absolute atomic E-state index is 5.63. The van der Waals surface area contributed by atoms with Crippen LogP contribution in [-0.2, 0) is 5.41 Å². The molecular weight excluding hydrogens is 224 g/mol. The zero-order valence-corrected chi connectivity index (χ0v) is 10.3. The van der Waals surface area contributed by atoms with Crippen molar-refractivity contribution >= 4 is 16.7 Å². The molecule has 2 aromatic heterocycles. The molecule has 1 N–H and O–H groups in total. The molecule has 6 heteroatoms. The molecule has 0 saturated heterocycles. The van der Waals surface area contributed by atoms with Crippen LogP contribution in [0.2, 0.25) is 0 Å². The molecule has 0 saturated carbocycles. The van der Waals surface area contributed by atoms with E-state index < -0.39 is 0 Å². The Hall–Kier alpha value is -1.43. The first kappa shape index (κ1) is 11.1. The summed E-state index contributed by atoms with van der Waals surface area (Å²) in [5.41, 5.74) is -0.0834. The van der Waals surface area contributed by atoms with Crippen LogP contribution in [0, 0.1) is 6.92 Å². The summed E-state index contributed by atoms with van der Waals surface area (Å²) >= 11 is 1.25. The first-order valence-corrected chi connectivity index (χ1v) is 5.81. The SMILES string of the molecule is Cc1ccc(C(C)(C)CNc2nnns2)o1. The van der Waals surface area contributed by atoms with Crippen molar-refractivity contribution < 1.29 is 4.42 Å². The van der Waals surface area contributed by atoms with Crippen LogP contribution in [0.4, 0.5) is 5.13 Å². The average molecular weight is 238 g/mol. The highest BCUT2D eigenvalue weighted by molar-refractivity contribution is 7.09. The molecule has 0 radical (unpaired) electrons. The van der Waals surface area contributed by atoms with Crippen LogP contribution in [0.3, 0.4) is 0 Å². The Morgan fingerprint density at radius 2 is 2.25 bits per heavy atom. The summed E-state index contributed by atoms with van der Waals surface area (Å²) in [6, 6.07) is 3.99. The maximum atomic E-state index is 5.63. The summed E-state index contributed by atoms with van der Waals surface area (Å²) in [5.74, 6) is 1.90. The van der Waals surface area contributed by atoms with Crippen LogP contribution in [-0.4, -0.2) is 21.3 Å². The second-order valence-electron chi connectivity index (χ2n) is 4.32. The first-order chi connectivity index (χ1) is 7.58. The fourth-order valence-corrected chi connectivity index (χ4v) is 1.74. The molecule has 0 bridgehead atoms. The van der Waals surface area contributed by atoms with Crippen molar-refractivity contribution in [1.82, 2.24) is 14.8 Å². The van der Waals surface area contributed by atoms with Gasteiger partial charge in [-0.05, 0) is 24.3 Å². The topological polar surface area (TPSA) is 63.8 Å². The van der Waals surface area contributed by atoms with E-state index in [4.69, 9.17) is 4.42 Å². The minimum absolute atomic E-state index is 0.0834. The molecule has 2 heterocycles. The van der Waals surface area contributed by atoms with Gasteiger partial charge in [0.15, 0.2) is 0 Å². The zero-order valence-electron chi connectivity index (χ0n) is 9.52. The Morgan fingerprint density at radius 1 is 1.44 bits per heavy atom. The van der Waals surface area contributed by atoms with E-state index in [0.29, 0.717) is 0 Å². The van der Waals surface area contributed by atoms with Gasteiger partial charge in [0.1, 0.15) is 11.5 Å². The highest BCUT2D eigenvalue weighted by Crippen LogP contribution is 2.25. The monoisotopic (exact) mass is 238 g/mol. The predicted octanol–water partition coefficient (Wildman–Crippen LogP) is 2.22. The number of anilines is 1. The highest BCUT2D eigenvalue weighted by atomic mass is 32.1. The molecular formula is C10H14N4OS. The maximum Gasteiger partial charge on any atom is 0.225 e. The molecule has 0 aliphatic carbocycles. The molecule has 0 amide bonds. The number of furan rings is 1. The minimum atomic E-state index is -0.0834. The number of aryl methyl sites for hydroxylation is 1. The van der Waals surface area contributed by atoms with E-state index in [1.54, 1.807) is 0 Å². The van der Waals surface area contributed by atoms with Crippen LogP contribution in [0.15, 0.2) is 16.5 Å². The van der Waals surface area contributed by atoms with Crippen LogP contribution < -0.4 is 5.32 Å². The van der Waals surface area contributed by atoms with Gasteiger partial charge in [-0.15, -0.1) is 0 Å². The number of nitrogens with zero attached hydrogens (tertiary/aromatic N) is 3. The molecule has 86 valence electrons. The Balaban J connectivity index is 2.02. The smallest absolute Gasteiger partial charge is 0.225 e. The third kappa shape index (κ3) is 2.38. The van der Waals surface area contributed by atoms with Crippen molar-refractivity contribution in [2.45, 2.75) is 26.2 Å². The first-order valence-electron chi connectivity index (χ1n) is 5.04. The Labute approximate surface area is 98.0 Å². The Kier molecular flexibility index (Phi) is 2.91. The molecule has 0 atom stereocenters. The lowest BCUT2D eigenvalue weighted by Gasteiger charge is -2.21.